The molecule has 1 aliphatic heterocycles. The lowest BCUT2D eigenvalue weighted by molar-refractivity contribution is -0.136. The summed E-state index contributed by atoms with van der Waals surface area (Å²) in [4.78, 5) is 38.8. The van der Waals surface area contributed by atoms with Crippen LogP contribution in [0.4, 0.5) is 14.9 Å². The second kappa shape index (κ2) is 7.00. The molecule has 3 rings (SSSR count). The Morgan fingerprint density at radius 2 is 1.89 bits per heavy atom. The van der Waals surface area contributed by atoms with Crippen LogP contribution in [0.5, 0.6) is 0 Å². The maximum Gasteiger partial charge on any atom is 0.326 e. The molecule has 6 nitrogen and oxygen atoms in total. The van der Waals surface area contributed by atoms with Crippen molar-refractivity contribution in [2.45, 2.75) is 25.4 Å². The molecule has 0 spiro atoms. The number of urea groups is 1. The summed E-state index contributed by atoms with van der Waals surface area (Å²) in [5, 5.41) is 5.17. The first-order valence-corrected chi connectivity index (χ1v) is 8.59. The van der Waals surface area contributed by atoms with Crippen molar-refractivity contribution in [1.82, 2.24) is 10.2 Å². The molecule has 0 aliphatic carbocycles. The minimum absolute atomic E-state index is 0.0156. The van der Waals surface area contributed by atoms with E-state index in [1.807, 2.05) is 0 Å². The minimum atomic E-state index is -1.26. The molecule has 2 N–H and O–H groups in total. The van der Waals surface area contributed by atoms with E-state index in [2.05, 4.69) is 10.6 Å². The second-order valence-corrected chi connectivity index (χ2v) is 6.79. The van der Waals surface area contributed by atoms with Crippen molar-refractivity contribution in [3.63, 3.8) is 0 Å². The van der Waals surface area contributed by atoms with Gasteiger partial charge in [-0.05, 0) is 37.6 Å². The summed E-state index contributed by atoms with van der Waals surface area (Å²) in [6, 6.07) is 10.5. The number of amides is 4. The maximum atomic E-state index is 13.1. The molecule has 140 valence electrons. The SMILES string of the molecule is C[C@H](C(=O)Nc1ccc(F)cc1Cl)N1C(=O)N[C@@](C)(c2ccccc2)C1=O. The van der Waals surface area contributed by atoms with Crippen LogP contribution in [0.25, 0.3) is 0 Å². The van der Waals surface area contributed by atoms with Crippen molar-refractivity contribution < 1.29 is 18.8 Å². The predicted molar refractivity (Wildman–Crippen MR) is 98.7 cm³/mol. The van der Waals surface area contributed by atoms with Crippen LogP contribution in [-0.4, -0.2) is 28.8 Å². The predicted octanol–water partition coefficient (Wildman–Crippen LogP) is 3.27. The molecule has 1 fully saturated rings. The highest BCUT2D eigenvalue weighted by Gasteiger charge is 2.51. The third kappa shape index (κ3) is 3.38. The van der Waals surface area contributed by atoms with Gasteiger partial charge in [0.25, 0.3) is 5.91 Å². The summed E-state index contributed by atoms with van der Waals surface area (Å²) in [6.07, 6.45) is 0. The van der Waals surface area contributed by atoms with E-state index in [4.69, 9.17) is 11.6 Å². The summed E-state index contributed by atoms with van der Waals surface area (Å²) in [6.45, 7) is 3.02. The molecule has 1 aliphatic rings. The highest BCUT2D eigenvalue weighted by molar-refractivity contribution is 6.33. The number of nitrogens with one attached hydrogen (secondary N) is 2. The van der Waals surface area contributed by atoms with Crippen molar-refractivity contribution in [1.29, 1.82) is 0 Å². The Morgan fingerprint density at radius 1 is 1.22 bits per heavy atom. The number of nitrogens with zero attached hydrogens (tertiary/aromatic N) is 1. The van der Waals surface area contributed by atoms with Gasteiger partial charge in [0.1, 0.15) is 17.4 Å². The largest absolute Gasteiger partial charge is 0.326 e. The number of hydrogen-bond donors (Lipinski definition) is 2. The first kappa shape index (κ1) is 18.8. The van der Waals surface area contributed by atoms with E-state index in [9.17, 15) is 18.8 Å². The lowest BCUT2D eigenvalue weighted by Gasteiger charge is -2.24. The fourth-order valence-corrected chi connectivity index (χ4v) is 3.14. The summed E-state index contributed by atoms with van der Waals surface area (Å²) in [5.41, 5.74) is -0.465. The molecule has 0 bridgehead atoms. The number of halogens is 2. The van der Waals surface area contributed by atoms with Crippen molar-refractivity contribution in [2.24, 2.45) is 0 Å². The molecule has 2 aromatic rings. The summed E-state index contributed by atoms with van der Waals surface area (Å²) in [7, 11) is 0. The molecule has 0 saturated carbocycles. The number of rotatable bonds is 4. The Bertz CT molecular complexity index is 922. The normalized spacial score (nSPS) is 20.4. The first-order chi connectivity index (χ1) is 12.7. The minimum Gasteiger partial charge on any atom is -0.323 e. The zero-order valence-electron chi connectivity index (χ0n) is 14.6. The Hall–Kier alpha value is -2.93. The molecule has 0 aromatic heterocycles. The van der Waals surface area contributed by atoms with Crippen LogP contribution in [0.15, 0.2) is 48.5 Å². The Morgan fingerprint density at radius 3 is 2.52 bits per heavy atom. The van der Waals surface area contributed by atoms with Crippen LogP contribution >= 0.6 is 11.6 Å². The Kier molecular flexibility index (Phi) is 4.89. The Labute approximate surface area is 160 Å². The molecule has 1 saturated heterocycles. The molecule has 2 atom stereocenters. The lowest BCUT2D eigenvalue weighted by Crippen LogP contribution is -2.47. The van der Waals surface area contributed by atoms with Gasteiger partial charge in [-0.2, -0.15) is 0 Å². The number of anilines is 1. The molecular formula is C19H17ClFN3O3. The number of imide groups is 1. The molecule has 0 unspecified atom stereocenters. The zero-order valence-corrected chi connectivity index (χ0v) is 15.4. The zero-order chi connectivity index (χ0) is 19.8. The van der Waals surface area contributed by atoms with E-state index in [-0.39, 0.29) is 10.7 Å². The van der Waals surface area contributed by atoms with Crippen LogP contribution in [-0.2, 0) is 15.1 Å². The summed E-state index contributed by atoms with van der Waals surface area (Å²) >= 11 is 5.91. The molecular weight excluding hydrogens is 373 g/mol. The van der Waals surface area contributed by atoms with Gasteiger partial charge >= 0.3 is 6.03 Å². The summed E-state index contributed by atoms with van der Waals surface area (Å²) in [5.74, 6) is -1.70. The molecule has 2 aromatic carbocycles. The average molecular weight is 390 g/mol. The fraction of sp³-hybridized carbons (Fsp3) is 0.211. The smallest absolute Gasteiger partial charge is 0.323 e. The topological polar surface area (TPSA) is 78.5 Å². The van der Waals surface area contributed by atoms with Gasteiger partial charge in [0.2, 0.25) is 5.91 Å². The van der Waals surface area contributed by atoms with Gasteiger partial charge in [-0.25, -0.2) is 14.1 Å². The number of carbonyl (C=O) groups is 3. The Balaban J connectivity index is 1.82. The lowest BCUT2D eigenvalue weighted by atomic mass is 9.92. The molecule has 0 radical (unpaired) electrons. The van der Waals surface area contributed by atoms with Gasteiger partial charge in [-0.3, -0.25) is 9.59 Å². The van der Waals surface area contributed by atoms with E-state index in [1.54, 1.807) is 37.3 Å². The highest BCUT2D eigenvalue weighted by atomic mass is 35.5. The quantitative estimate of drug-likeness (QED) is 0.788. The van der Waals surface area contributed by atoms with E-state index >= 15 is 0 Å². The van der Waals surface area contributed by atoms with Gasteiger partial charge in [0.15, 0.2) is 0 Å². The van der Waals surface area contributed by atoms with Crippen LogP contribution < -0.4 is 10.6 Å². The van der Waals surface area contributed by atoms with Crippen LogP contribution in [0.2, 0.25) is 5.02 Å². The number of hydrogen-bond acceptors (Lipinski definition) is 3. The fourth-order valence-electron chi connectivity index (χ4n) is 2.92. The van der Waals surface area contributed by atoms with E-state index in [0.717, 1.165) is 17.0 Å². The summed E-state index contributed by atoms with van der Waals surface area (Å²) < 4.78 is 13.1. The molecule has 8 heteroatoms. The van der Waals surface area contributed by atoms with Crippen molar-refractivity contribution >= 4 is 35.1 Å². The monoisotopic (exact) mass is 389 g/mol. The number of benzene rings is 2. The molecule has 4 amide bonds. The van der Waals surface area contributed by atoms with E-state index in [0.29, 0.717) is 5.56 Å². The average Bonchev–Trinajstić information content (AvgIpc) is 2.87. The van der Waals surface area contributed by atoms with Gasteiger partial charge in [-0.15, -0.1) is 0 Å². The highest BCUT2D eigenvalue weighted by Crippen LogP contribution is 2.30. The van der Waals surface area contributed by atoms with Crippen molar-refractivity contribution in [2.75, 3.05) is 5.32 Å². The van der Waals surface area contributed by atoms with Crippen LogP contribution in [0.1, 0.15) is 19.4 Å². The van der Waals surface area contributed by atoms with Crippen molar-refractivity contribution in [3.8, 4) is 0 Å². The van der Waals surface area contributed by atoms with Gasteiger partial charge in [0, 0.05) is 0 Å². The number of carbonyl (C=O) groups excluding carboxylic acids is 3. The first-order valence-electron chi connectivity index (χ1n) is 8.21. The van der Waals surface area contributed by atoms with Crippen molar-refractivity contribution in [3.05, 3.63) is 64.9 Å². The van der Waals surface area contributed by atoms with Gasteiger partial charge in [0.05, 0.1) is 10.7 Å². The van der Waals surface area contributed by atoms with Crippen LogP contribution in [0.3, 0.4) is 0 Å². The molecule has 27 heavy (non-hydrogen) atoms. The van der Waals surface area contributed by atoms with Gasteiger partial charge < -0.3 is 10.6 Å². The van der Waals surface area contributed by atoms with E-state index in [1.165, 1.54) is 13.0 Å². The van der Waals surface area contributed by atoms with Gasteiger partial charge in [-0.1, -0.05) is 41.9 Å². The third-order valence-electron chi connectivity index (χ3n) is 4.53. The molecule has 1 heterocycles. The third-order valence-corrected chi connectivity index (χ3v) is 4.84. The van der Waals surface area contributed by atoms with Crippen LogP contribution in [0, 0.1) is 5.82 Å². The standard InChI is InChI=1S/C19H17ClFN3O3/c1-11(16(25)22-15-9-8-13(21)10-14(15)20)24-17(26)19(2,23-18(24)27)12-6-4-3-5-7-12/h3-11H,1-2H3,(H,22,25)(H,23,27)/t11-,19+/m1/s1. The van der Waals surface area contributed by atoms with E-state index < -0.39 is 35.2 Å². The second-order valence-electron chi connectivity index (χ2n) is 6.39. The maximum absolute atomic E-state index is 13.1.